The molecule has 1 aromatic heterocycles. The van der Waals surface area contributed by atoms with Crippen LogP contribution in [-0.2, 0) is 16.1 Å². The number of nitrogens with zero attached hydrogens (tertiary/aromatic N) is 3. The first-order chi connectivity index (χ1) is 20.3. The normalized spacial score (nSPS) is 11.4. The van der Waals surface area contributed by atoms with Crippen LogP contribution in [0.25, 0.3) is 0 Å². The minimum absolute atomic E-state index is 0.0432. The maximum Gasteiger partial charge on any atom is 0.251 e. The molecule has 42 heavy (non-hydrogen) atoms. The Morgan fingerprint density at radius 2 is 1.48 bits per heavy atom. The molecule has 0 fully saturated rings. The first-order valence-corrected chi connectivity index (χ1v) is 14.2. The van der Waals surface area contributed by atoms with Crippen molar-refractivity contribution in [2.24, 2.45) is 0 Å². The maximum atomic E-state index is 14.1. The molecule has 3 aromatic carbocycles. The molecule has 0 aliphatic rings. The van der Waals surface area contributed by atoms with E-state index < -0.39 is 6.04 Å². The third-order valence-electron chi connectivity index (χ3n) is 6.46. The quantitative estimate of drug-likeness (QED) is 0.169. The predicted octanol–water partition coefficient (Wildman–Crippen LogP) is 5.62. The number of aryl methyl sites for hydroxylation is 2. The Bertz CT molecular complexity index is 1500. The van der Waals surface area contributed by atoms with Gasteiger partial charge in [0.15, 0.2) is 5.16 Å². The highest BCUT2D eigenvalue weighted by atomic mass is 32.2. The summed E-state index contributed by atoms with van der Waals surface area (Å²) in [7, 11) is 4.67. The van der Waals surface area contributed by atoms with Crippen molar-refractivity contribution in [1.29, 1.82) is 0 Å². The van der Waals surface area contributed by atoms with Crippen molar-refractivity contribution in [3.8, 4) is 17.2 Å². The van der Waals surface area contributed by atoms with E-state index in [9.17, 15) is 9.59 Å². The molecule has 0 saturated heterocycles. The van der Waals surface area contributed by atoms with Gasteiger partial charge in [0, 0.05) is 24.0 Å². The fraction of sp³-hybridized carbons (Fsp3) is 0.250. The van der Waals surface area contributed by atoms with Crippen LogP contribution >= 0.6 is 11.8 Å². The van der Waals surface area contributed by atoms with E-state index in [1.807, 2.05) is 74.5 Å². The van der Waals surface area contributed by atoms with Gasteiger partial charge in [-0.2, -0.15) is 0 Å². The van der Waals surface area contributed by atoms with E-state index >= 15 is 0 Å². The third-order valence-corrected chi connectivity index (χ3v) is 7.29. The molecule has 4 rings (SSSR count). The van der Waals surface area contributed by atoms with Crippen LogP contribution in [0.5, 0.6) is 17.2 Å². The van der Waals surface area contributed by atoms with Crippen molar-refractivity contribution in [1.82, 2.24) is 14.9 Å². The summed E-state index contributed by atoms with van der Waals surface area (Å²) in [5.41, 5.74) is 3.61. The lowest BCUT2D eigenvalue weighted by Crippen LogP contribution is -2.41. The summed E-state index contributed by atoms with van der Waals surface area (Å²) < 4.78 is 16.1. The summed E-state index contributed by atoms with van der Waals surface area (Å²) in [5, 5.41) is 3.48. The highest BCUT2D eigenvalue weighted by molar-refractivity contribution is 7.99. The average molecular weight is 587 g/mol. The Morgan fingerprint density at radius 1 is 0.833 bits per heavy atom. The van der Waals surface area contributed by atoms with Crippen LogP contribution in [-0.4, -0.2) is 53.8 Å². The van der Waals surface area contributed by atoms with Crippen molar-refractivity contribution in [2.75, 3.05) is 32.4 Å². The molecule has 1 unspecified atom stereocenters. The minimum Gasteiger partial charge on any atom is -0.497 e. The van der Waals surface area contributed by atoms with Crippen LogP contribution in [0.4, 0.5) is 5.69 Å². The monoisotopic (exact) mass is 586 g/mol. The Kier molecular flexibility index (Phi) is 10.4. The molecule has 0 bridgehead atoms. The summed E-state index contributed by atoms with van der Waals surface area (Å²) in [5.74, 6) is 1.13. The first kappa shape index (κ1) is 30.4. The van der Waals surface area contributed by atoms with Gasteiger partial charge < -0.3 is 24.4 Å². The van der Waals surface area contributed by atoms with Crippen molar-refractivity contribution >= 4 is 29.3 Å². The summed E-state index contributed by atoms with van der Waals surface area (Å²) in [6.45, 7) is 3.96. The fourth-order valence-electron chi connectivity index (χ4n) is 4.43. The Morgan fingerprint density at radius 3 is 2.10 bits per heavy atom. The molecule has 0 spiro atoms. The zero-order chi connectivity index (χ0) is 30.1. The number of benzene rings is 3. The Hall–Kier alpha value is -4.57. The molecule has 1 heterocycles. The number of carbonyl (C=O) groups is 2. The molecular formula is C32H34N4O5S. The predicted molar refractivity (Wildman–Crippen MR) is 163 cm³/mol. The lowest BCUT2D eigenvalue weighted by atomic mass is 10.0. The zero-order valence-corrected chi connectivity index (χ0v) is 25.1. The number of hydrogen-bond acceptors (Lipinski definition) is 8. The van der Waals surface area contributed by atoms with Gasteiger partial charge in [0.1, 0.15) is 23.3 Å². The van der Waals surface area contributed by atoms with E-state index in [1.54, 1.807) is 37.3 Å². The summed E-state index contributed by atoms with van der Waals surface area (Å²) in [6.07, 6.45) is 0. The number of carbonyl (C=O) groups excluding carboxylic acids is 2. The lowest BCUT2D eigenvalue weighted by molar-refractivity contribution is -0.137. The number of methoxy groups -OCH3 is 3. The van der Waals surface area contributed by atoms with Gasteiger partial charge in [-0.3, -0.25) is 9.59 Å². The molecule has 0 aliphatic carbocycles. The second-order valence-corrected chi connectivity index (χ2v) is 10.4. The minimum atomic E-state index is -0.951. The molecule has 0 saturated carbocycles. The molecule has 1 N–H and O–H groups in total. The fourth-order valence-corrected chi connectivity index (χ4v) is 5.26. The summed E-state index contributed by atoms with van der Waals surface area (Å²) >= 11 is 1.24. The first-order valence-electron chi connectivity index (χ1n) is 13.3. The van der Waals surface area contributed by atoms with E-state index in [2.05, 4.69) is 15.3 Å². The largest absolute Gasteiger partial charge is 0.497 e. The highest BCUT2D eigenvalue weighted by Crippen LogP contribution is 2.32. The van der Waals surface area contributed by atoms with E-state index in [-0.39, 0.29) is 24.1 Å². The average Bonchev–Trinajstić information content (AvgIpc) is 3.00. The molecule has 9 nitrogen and oxygen atoms in total. The van der Waals surface area contributed by atoms with E-state index in [1.165, 1.54) is 18.9 Å². The maximum absolute atomic E-state index is 14.1. The standard InChI is InChI=1S/C32H34N4O5S/c1-21-17-22(2)34-32(33-21)42-20-29(37)36(19-23-11-13-25(39-3)14-12-23)30(24-9-7-6-8-10-24)31(38)35-27-16-15-26(40-4)18-28(27)41-5/h6-18,30H,19-20H2,1-5H3,(H,35,38). The van der Waals surface area contributed by atoms with Gasteiger partial charge in [-0.1, -0.05) is 54.2 Å². The lowest BCUT2D eigenvalue weighted by Gasteiger charge is -2.32. The van der Waals surface area contributed by atoms with Gasteiger partial charge in [-0.05, 0) is 55.3 Å². The van der Waals surface area contributed by atoms with Gasteiger partial charge >= 0.3 is 0 Å². The van der Waals surface area contributed by atoms with Gasteiger partial charge in [0.2, 0.25) is 5.91 Å². The van der Waals surface area contributed by atoms with Crippen LogP contribution in [0, 0.1) is 13.8 Å². The number of aromatic nitrogens is 2. The van der Waals surface area contributed by atoms with E-state index in [0.29, 0.717) is 33.7 Å². The van der Waals surface area contributed by atoms with E-state index in [0.717, 1.165) is 17.0 Å². The smallest absolute Gasteiger partial charge is 0.251 e. The molecule has 4 aromatic rings. The number of rotatable bonds is 12. The molecule has 218 valence electrons. The van der Waals surface area contributed by atoms with Crippen molar-refractivity contribution in [3.63, 3.8) is 0 Å². The van der Waals surface area contributed by atoms with Crippen molar-refractivity contribution in [2.45, 2.75) is 31.6 Å². The second kappa shape index (κ2) is 14.4. The third kappa shape index (κ3) is 7.79. The molecular weight excluding hydrogens is 552 g/mol. The van der Waals surface area contributed by atoms with Crippen LogP contribution in [0.2, 0.25) is 0 Å². The SMILES string of the molecule is COc1ccc(CN(C(=O)CSc2nc(C)cc(C)n2)C(C(=O)Nc2ccc(OC)cc2OC)c2ccccc2)cc1. The van der Waals surface area contributed by atoms with Crippen LogP contribution in [0.15, 0.2) is 84.0 Å². The molecule has 10 heteroatoms. The molecule has 2 amide bonds. The Labute approximate surface area is 250 Å². The number of nitrogens with one attached hydrogen (secondary N) is 1. The van der Waals surface area contributed by atoms with Crippen LogP contribution < -0.4 is 19.5 Å². The number of ether oxygens (including phenoxy) is 3. The van der Waals surface area contributed by atoms with Gasteiger partial charge in [-0.15, -0.1) is 0 Å². The molecule has 0 aliphatic heterocycles. The second-order valence-electron chi connectivity index (χ2n) is 9.46. The topological polar surface area (TPSA) is 103 Å². The number of anilines is 1. The number of amides is 2. The summed E-state index contributed by atoms with van der Waals surface area (Å²) in [6, 6.07) is 22.7. The van der Waals surface area contributed by atoms with Crippen LogP contribution in [0.1, 0.15) is 28.6 Å². The van der Waals surface area contributed by atoms with Gasteiger partial charge in [-0.25, -0.2) is 9.97 Å². The Balaban J connectivity index is 1.71. The van der Waals surface area contributed by atoms with Crippen LogP contribution in [0.3, 0.4) is 0 Å². The van der Waals surface area contributed by atoms with Crippen molar-refractivity contribution in [3.05, 3.63) is 101 Å². The van der Waals surface area contributed by atoms with E-state index in [4.69, 9.17) is 14.2 Å². The number of thioether (sulfide) groups is 1. The highest BCUT2D eigenvalue weighted by Gasteiger charge is 2.32. The van der Waals surface area contributed by atoms with Gasteiger partial charge in [0.25, 0.3) is 5.91 Å². The molecule has 0 radical (unpaired) electrons. The summed E-state index contributed by atoms with van der Waals surface area (Å²) in [4.78, 5) is 38.6. The van der Waals surface area contributed by atoms with Gasteiger partial charge in [0.05, 0.1) is 32.8 Å². The number of hydrogen-bond donors (Lipinski definition) is 1. The van der Waals surface area contributed by atoms with Crippen molar-refractivity contribution < 1.29 is 23.8 Å². The zero-order valence-electron chi connectivity index (χ0n) is 24.3. The molecule has 1 atom stereocenters.